The lowest BCUT2D eigenvalue weighted by molar-refractivity contribution is -0.131. The smallest absolute Gasteiger partial charge is 0.276 e. The molecule has 141 heavy (non-hydrogen) atoms. The van der Waals surface area contributed by atoms with Crippen LogP contribution in [0.4, 0.5) is 60.5 Å². The first kappa shape index (κ1) is 106. The Balaban J connectivity index is 0.000000178. The summed E-state index contributed by atoms with van der Waals surface area (Å²) in [4.78, 5) is 120. The van der Waals surface area contributed by atoms with Crippen molar-refractivity contribution in [3.8, 4) is 69.0 Å². The van der Waals surface area contributed by atoms with E-state index in [2.05, 4.69) is 67.8 Å². The number of nitrogen functional groups attached to an aromatic ring is 3. The van der Waals surface area contributed by atoms with Gasteiger partial charge in [0.15, 0.2) is 34.9 Å². The fraction of sp³-hybridized carbons (Fsp3) is 0.303. The number of amides is 3. The maximum absolute atomic E-state index is 15.7. The van der Waals surface area contributed by atoms with Crippen LogP contribution in [-0.2, 0) is 14.4 Å². The van der Waals surface area contributed by atoms with E-state index < -0.39 is 115 Å². The number of hydrogen-bond acceptors (Lipinski definition) is 21. The molecule has 732 valence electrons. The number of anilines is 6. The third-order valence-electron chi connectivity index (χ3n) is 25.0. The summed E-state index contributed by atoms with van der Waals surface area (Å²) in [6, 6.07) is 13.7. The average molecular weight is 2100 g/mol. The Kier molecular flexibility index (Phi) is 31.0. The van der Waals surface area contributed by atoms with Crippen LogP contribution in [0.5, 0.6) is 0 Å². The molecular formula is C99H90Cl9F6N21O6. The van der Waals surface area contributed by atoms with Gasteiger partial charge in [0.2, 0.25) is 17.7 Å². The predicted octanol–water partition coefficient (Wildman–Crippen LogP) is 21.6. The van der Waals surface area contributed by atoms with Crippen molar-refractivity contribution in [2.75, 3.05) is 71.2 Å². The SMILES string of the molecule is C=CC(=O)N1[C@H](C)CN(c2c(C#N)c(=O)n(-c3c(C)ccnc3C(C)C)c3nc(-c4c(N)c(Cl)c(Cl)c(F)c4F)c(Cl)cc23)C[C@@H]1C.C=CC(=O)N1[C@H](C)CN(c2c(C#N)c(=O)n(-c3c(C)ccnc3C(C)C)c3nc(-c4c(N)c(Cl)c(Cl)c(F)c4F)c(Cl)cc23)C[C@@H]1C.C=CC(=O)N1[C@H](C)CN(c2c(C#N)c(=O)n(-c3c(C)ccnc3C(C)C)c3nc(-c4c(N)c(F)c(Cl)c(Cl)c4F)c(Cl)cc23)C[C@@H]1C. The maximum Gasteiger partial charge on any atom is 0.276 e. The molecule has 0 spiro atoms. The van der Waals surface area contributed by atoms with Crippen molar-refractivity contribution in [3.63, 3.8) is 0 Å². The zero-order chi connectivity index (χ0) is 104. The molecule has 0 bridgehead atoms. The van der Waals surface area contributed by atoms with Crippen LogP contribution >= 0.6 is 104 Å². The van der Waals surface area contributed by atoms with Crippen LogP contribution in [-0.4, -0.2) is 152 Å². The molecule has 0 aliphatic carbocycles. The summed E-state index contributed by atoms with van der Waals surface area (Å²) in [5, 5.41) is 28.2. The van der Waals surface area contributed by atoms with Crippen molar-refractivity contribution in [1.29, 1.82) is 15.8 Å². The molecule has 12 aromatic rings. The number of piperazine rings is 3. The van der Waals surface area contributed by atoms with E-state index in [9.17, 15) is 53.3 Å². The molecule has 3 fully saturated rings. The number of carbonyl (C=O) groups is 3. The second kappa shape index (κ2) is 41.5. The van der Waals surface area contributed by atoms with Crippen LogP contribution in [0.25, 0.3) is 83.9 Å². The van der Waals surface area contributed by atoms with Crippen molar-refractivity contribution in [3.05, 3.63) is 255 Å². The topological polar surface area (TPSA) is 363 Å². The molecule has 3 aliphatic rings. The monoisotopic (exact) mass is 2100 g/mol. The molecule has 6 N–H and O–H groups in total. The van der Waals surface area contributed by atoms with E-state index in [4.69, 9.17) is 122 Å². The van der Waals surface area contributed by atoms with Gasteiger partial charge in [0.1, 0.15) is 66.9 Å². The van der Waals surface area contributed by atoms with Gasteiger partial charge < -0.3 is 46.6 Å². The number of nitriles is 3. The first-order valence-electron chi connectivity index (χ1n) is 43.9. The van der Waals surface area contributed by atoms with Gasteiger partial charge in [-0.1, -0.05) is 166 Å². The molecule has 0 saturated carbocycles. The quantitative estimate of drug-likeness (QED) is 0.0282. The number of carbonyl (C=O) groups excluding carboxylic acids is 3. The molecule has 27 nitrogen and oxygen atoms in total. The van der Waals surface area contributed by atoms with Gasteiger partial charge in [0, 0.05) is 110 Å². The van der Waals surface area contributed by atoms with Crippen molar-refractivity contribution in [2.45, 2.75) is 158 Å². The third kappa shape index (κ3) is 18.4. The molecular weight excluding hydrogens is 2010 g/mol. The summed E-state index contributed by atoms with van der Waals surface area (Å²) >= 11 is 56.3. The predicted molar refractivity (Wildman–Crippen MR) is 545 cm³/mol. The minimum Gasteiger partial charge on any atom is -0.397 e. The van der Waals surface area contributed by atoms with Gasteiger partial charge in [0.25, 0.3) is 16.7 Å². The van der Waals surface area contributed by atoms with Crippen molar-refractivity contribution in [2.24, 2.45) is 0 Å². The van der Waals surface area contributed by atoms with Crippen LogP contribution in [0.2, 0.25) is 45.2 Å². The van der Waals surface area contributed by atoms with E-state index in [0.717, 1.165) is 0 Å². The van der Waals surface area contributed by atoms with Gasteiger partial charge in [-0.05, 0) is 151 Å². The molecule has 0 radical (unpaired) electrons. The minimum absolute atomic E-state index is 0.0171. The summed E-state index contributed by atoms with van der Waals surface area (Å²) in [5.74, 6) is -9.32. The first-order chi connectivity index (χ1) is 66.5. The van der Waals surface area contributed by atoms with Gasteiger partial charge in [-0.25, -0.2) is 41.3 Å². The second-order valence-corrected chi connectivity index (χ2v) is 38.8. The summed E-state index contributed by atoms with van der Waals surface area (Å²) in [6.07, 6.45) is 8.55. The molecule has 0 unspecified atom stereocenters. The Bertz CT molecular complexity index is 6860. The van der Waals surface area contributed by atoms with Crippen molar-refractivity contribution >= 4 is 189 Å². The van der Waals surface area contributed by atoms with E-state index in [-0.39, 0.29) is 210 Å². The first-order valence-corrected chi connectivity index (χ1v) is 47.3. The zero-order valence-electron chi connectivity index (χ0n) is 78.4. The highest BCUT2D eigenvalue weighted by Crippen LogP contribution is 2.50. The van der Waals surface area contributed by atoms with E-state index in [1.165, 1.54) is 50.1 Å². The Morgan fingerprint density at radius 1 is 0.383 bits per heavy atom. The van der Waals surface area contributed by atoms with Crippen molar-refractivity contribution in [1.82, 2.24) is 58.3 Å². The molecule has 12 heterocycles. The van der Waals surface area contributed by atoms with Crippen LogP contribution in [0.3, 0.4) is 0 Å². The molecule has 6 atom stereocenters. The lowest BCUT2D eigenvalue weighted by atomic mass is 10.0. The number of halogens is 15. The van der Waals surface area contributed by atoms with Crippen LogP contribution in [0.15, 0.2) is 107 Å². The van der Waals surface area contributed by atoms with Gasteiger partial charge in [-0.2, -0.15) is 15.8 Å². The number of rotatable bonds is 15. The van der Waals surface area contributed by atoms with Gasteiger partial charge in [0.05, 0.1) is 132 Å². The Hall–Kier alpha value is -12.7. The van der Waals surface area contributed by atoms with E-state index in [0.29, 0.717) is 50.8 Å². The van der Waals surface area contributed by atoms with Gasteiger partial charge in [-0.3, -0.25) is 57.4 Å². The standard InChI is InChI=1S/3C33H30Cl3F2N7O2/c2*1-7-21(46)44-16(5)12-43(13-17(44)6)31-18-10-20(34)29(22-25(37)26(38)23(35)24(36)27(22)40)42-32(18)45(33(47)19(31)11-39)30-15(4)8-9-41-28(30)14(2)3;1-7-21(46)44-16(5)12-43(13-17(44)6)31-18-10-20(34)29(22-25(37)23(35)24(36)26(38)27(22)40)42-32(18)45(33(47)19(31)11-39)30-15(4)8-9-41-28(30)14(2)3/h3*7-10,14,16-17H,1,12-13,40H2,2-6H3/t3*16-,17+. The van der Waals surface area contributed by atoms with Crippen LogP contribution < -0.4 is 48.6 Å². The molecule has 9 aromatic heterocycles. The number of pyridine rings is 9. The highest BCUT2D eigenvalue weighted by molar-refractivity contribution is 6.46. The van der Waals surface area contributed by atoms with E-state index in [1.807, 2.05) is 97.8 Å². The summed E-state index contributed by atoms with van der Waals surface area (Å²) in [5.41, 5.74) is 16.9. The van der Waals surface area contributed by atoms with E-state index >= 15 is 17.6 Å². The number of nitrogens with two attached hydrogens (primary N) is 3. The van der Waals surface area contributed by atoms with Crippen molar-refractivity contribution < 1.29 is 40.7 Å². The maximum atomic E-state index is 15.7. The number of benzene rings is 3. The van der Waals surface area contributed by atoms with Gasteiger partial charge >= 0.3 is 0 Å². The number of hydrogen-bond donors (Lipinski definition) is 3. The average Bonchev–Trinajstić information content (AvgIpc) is 0.725. The summed E-state index contributed by atoms with van der Waals surface area (Å²) < 4.78 is 95.4. The number of aromatic nitrogens is 9. The third-order valence-corrected chi connectivity index (χ3v) is 28.3. The highest BCUT2D eigenvalue weighted by Gasteiger charge is 2.42. The van der Waals surface area contributed by atoms with Crippen LogP contribution in [0, 0.1) is 89.7 Å². The normalized spacial score (nSPS) is 16.6. The molecule has 42 heteroatoms. The Morgan fingerprint density at radius 3 is 0.851 bits per heavy atom. The number of fused-ring (bicyclic) bond motifs is 3. The van der Waals surface area contributed by atoms with Crippen LogP contribution in [0.1, 0.15) is 151 Å². The lowest BCUT2D eigenvalue weighted by Crippen LogP contribution is -2.58. The minimum atomic E-state index is -1.45. The fourth-order valence-electron chi connectivity index (χ4n) is 18.9. The Labute approximate surface area is 850 Å². The largest absolute Gasteiger partial charge is 0.397 e. The molecule has 3 aliphatic heterocycles. The summed E-state index contributed by atoms with van der Waals surface area (Å²) in [6.45, 7) is 40.1. The van der Waals surface area contributed by atoms with Gasteiger partial charge in [-0.15, -0.1) is 0 Å². The second-order valence-electron chi connectivity index (χ2n) is 35.3. The number of aryl methyl sites for hydroxylation is 3. The molecule has 3 amide bonds. The summed E-state index contributed by atoms with van der Waals surface area (Å²) in [7, 11) is 0. The Morgan fingerprint density at radius 2 is 0.617 bits per heavy atom. The lowest BCUT2D eigenvalue weighted by Gasteiger charge is -2.45. The molecule has 15 rings (SSSR count). The van der Waals surface area contributed by atoms with E-state index in [1.54, 1.807) is 72.3 Å². The molecule has 3 saturated heterocycles. The highest BCUT2D eigenvalue weighted by atomic mass is 35.5. The molecule has 3 aromatic carbocycles. The number of nitrogens with zero attached hydrogens (tertiary/aromatic N) is 18. The fourth-order valence-corrected chi connectivity index (χ4v) is 20.7. The zero-order valence-corrected chi connectivity index (χ0v) is 85.2.